The van der Waals surface area contributed by atoms with Crippen molar-refractivity contribution in [2.75, 3.05) is 24.5 Å². The Morgan fingerprint density at radius 2 is 1.96 bits per heavy atom. The molecular formula is C20H23ClN4O. The van der Waals surface area contributed by atoms with Gasteiger partial charge in [0.25, 0.3) is 0 Å². The highest BCUT2D eigenvalue weighted by Crippen LogP contribution is 2.41. The summed E-state index contributed by atoms with van der Waals surface area (Å²) in [6.45, 7) is 3.23. The van der Waals surface area contributed by atoms with Gasteiger partial charge >= 0.3 is 0 Å². The third-order valence-corrected chi connectivity index (χ3v) is 5.82. The fourth-order valence-corrected chi connectivity index (χ4v) is 4.51. The third-order valence-electron chi connectivity index (χ3n) is 5.53. The van der Waals surface area contributed by atoms with Crippen LogP contribution in [0.5, 0.6) is 0 Å². The van der Waals surface area contributed by atoms with Crippen LogP contribution in [0, 0.1) is 5.41 Å². The largest absolute Gasteiger partial charge is 0.355 e. The fraction of sp³-hybridized carbons (Fsp3) is 0.450. The molecule has 4 rings (SSSR count). The molecule has 2 fully saturated rings. The Labute approximate surface area is 159 Å². The Kier molecular flexibility index (Phi) is 4.81. The van der Waals surface area contributed by atoms with Crippen LogP contribution >= 0.6 is 11.6 Å². The number of anilines is 1. The fourth-order valence-electron chi connectivity index (χ4n) is 4.27. The molecule has 26 heavy (non-hydrogen) atoms. The van der Waals surface area contributed by atoms with Crippen LogP contribution in [0.3, 0.4) is 0 Å². The van der Waals surface area contributed by atoms with Crippen molar-refractivity contribution in [3.05, 3.63) is 53.4 Å². The molecule has 2 aromatic heterocycles. The molecule has 0 radical (unpaired) electrons. The molecule has 1 amide bonds. The van der Waals surface area contributed by atoms with Gasteiger partial charge in [-0.25, -0.2) is 4.98 Å². The summed E-state index contributed by atoms with van der Waals surface area (Å²) in [5.41, 5.74) is 1.06. The second-order valence-corrected chi connectivity index (χ2v) is 7.81. The number of pyridine rings is 2. The number of carbonyl (C=O) groups is 1. The summed E-state index contributed by atoms with van der Waals surface area (Å²) >= 11 is 6.37. The standard InChI is InChI=1S/C20H23ClN4O/c21-17-6-3-11-23-19(17)24-12-4-8-20(14-24)9-7-18(26)25(15-20)13-16-5-1-2-10-22-16/h1-3,5-6,10-11H,4,7-9,12-15H2/t20-/m0/s1. The summed E-state index contributed by atoms with van der Waals surface area (Å²) in [6, 6.07) is 9.61. The van der Waals surface area contributed by atoms with Crippen molar-refractivity contribution < 1.29 is 4.79 Å². The SMILES string of the molecule is O=C1CC[C@]2(CCCN(c3ncccc3Cl)C2)CN1Cc1ccccn1. The molecule has 6 heteroatoms. The maximum atomic E-state index is 12.5. The van der Waals surface area contributed by atoms with E-state index >= 15 is 0 Å². The quantitative estimate of drug-likeness (QED) is 0.829. The molecule has 2 aliphatic heterocycles. The average molecular weight is 371 g/mol. The minimum atomic E-state index is 0.113. The number of piperidine rings is 2. The molecule has 5 nitrogen and oxygen atoms in total. The summed E-state index contributed by atoms with van der Waals surface area (Å²) < 4.78 is 0. The zero-order chi connectivity index (χ0) is 18.0. The molecule has 136 valence electrons. The monoisotopic (exact) mass is 370 g/mol. The zero-order valence-corrected chi connectivity index (χ0v) is 15.5. The van der Waals surface area contributed by atoms with Gasteiger partial charge in [-0.15, -0.1) is 0 Å². The molecule has 2 aromatic rings. The summed E-state index contributed by atoms with van der Waals surface area (Å²) in [6.07, 6.45) is 7.35. The van der Waals surface area contributed by atoms with Gasteiger partial charge < -0.3 is 9.80 Å². The average Bonchev–Trinajstić information content (AvgIpc) is 2.66. The highest BCUT2D eigenvalue weighted by atomic mass is 35.5. The summed E-state index contributed by atoms with van der Waals surface area (Å²) in [7, 11) is 0. The molecule has 0 N–H and O–H groups in total. The minimum Gasteiger partial charge on any atom is -0.355 e. The Hall–Kier alpha value is -2.14. The number of nitrogens with zero attached hydrogens (tertiary/aromatic N) is 4. The van der Waals surface area contributed by atoms with E-state index in [0.29, 0.717) is 18.0 Å². The van der Waals surface area contributed by atoms with E-state index in [9.17, 15) is 4.79 Å². The summed E-state index contributed by atoms with van der Waals surface area (Å²) in [5.74, 6) is 1.09. The predicted octanol–water partition coefficient (Wildman–Crippen LogP) is 3.54. The van der Waals surface area contributed by atoms with Crippen molar-refractivity contribution in [2.24, 2.45) is 5.41 Å². The second kappa shape index (κ2) is 7.23. The van der Waals surface area contributed by atoms with Gasteiger partial charge in [-0.1, -0.05) is 17.7 Å². The van der Waals surface area contributed by atoms with E-state index in [-0.39, 0.29) is 11.3 Å². The van der Waals surface area contributed by atoms with Gasteiger partial charge in [0.15, 0.2) is 0 Å². The predicted molar refractivity (Wildman–Crippen MR) is 102 cm³/mol. The Morgan fingerprint density at radius 3 is 2.77 bits per heavy atom. The minimum absolute atomic E-state index is 0.113. The van der Waals surface area contributed by atoms with Gasteiger partial charge in [0.1, 0.15) is 5.82 Å². The molecule has 1 spiro atoms. The molecule has 0 bridgehead atoms. The molecule has 4 heterocycles. The maximum absolute atomic E-state index is 12.5. The molecule has 0 aromatic carbocycles. The number of amides is 1. The molecule has 1 atom stereocenters. The molecule has 0 aliphatic carbocycles. The molecule has 0 unspecified atom stereocenters. The van der Waals surface area contributed by atoms with Crippen LogP contribution < -0.4 is 4.90 Å². The second-order valence-electron chi connectivity index (χ2n) is 7.40. The summed E-state index contributed by atoms with van der Waals surface area (Å²) in [5, 5.41) is 0.696. The number of hydrogen-bond donors (Lipinski definition) is 0. The van der Waals surface area contributed by atoms with Crippen LogP contribution in [0.15, 0.2) is 42.7 Å². The van der Waals surface area contributed by atoms with E-state index in [4.69, 9.17) is 11.6 Å². The lowest BCUT2D eigenvalue weighted by Gasteiger charge is -2.48. The van der Waals surface area contributed by atoms with Gasteiger partial charge in [-0.2, -0.15) is 0 Å². The lowest BCUT2D eigenvalue weighted by Crippen LogP contribution is -2.54. The number of carbonyl (C=O) groups excluding carboxylic acids is 1. The van der Waals surface area contributed by atoms with Crippen LogP contribution in [-0.2, 0) is 11.3 Å². The van der Waals surface area contributed by atoms with E-state index in [1.165, 1.54) is 0 Å². The highest BCUT2D eigenvalue weighted by molar-refractivity contribution is 6.32. The van der Waals surface area contributed by atoms with Crippen molar-refractivity contribution in [3.63, 3.8) is 0 Å². The zero-order valence-electron chi connectivity index (χ0n) is 14.8. The lowest BCUT2D eigenvalue weighted by atomic mass is 9.73. The number of hydrogen-bond acceptors (Lipinski definition) is 4. The summed E-state index contributed by atoms with van der Waals surface area (Å²) in [4.78, 5) is 25.6. The van der Waals surface area contributed by atoms with Gasteiger partial charge in [0.05, 0.1) is 17.3 Å². The van der Waals surface area contributed by atoms with Gasteiger partial charge in [0, 0.05) is 43.9 Å². The lowest BCUT2D eigenvalue weighted by molar-refractivity contribution is -0.138. The molecule has 2 saturated heterocycles. The first-order chi connectivity index (χ1) is 12.7. The smallest absolute Gasteiger partial charge is 0.222 e. The van der Waals surface area contributed by atoms with E-state index < -0.39 is 0 Å². The Bertz CT molecular complexity index is 784. The molecular weight excluding hydrogens is 348 g/mol. The van der Waals surface area contributed by atoms with E-state index in [0.717, 1.165) is 50.4 Å². The molecule has 0 saturated carbocycles. The Morgan fingerprint density at radius 1 is 1.08 bits per heavy atom. The van der Waals surface area contributed by atoms with Crippen LogP contribution in [0.4, 0.5) is 5.82 Å². The Balaban J connectivity index is 1.52. The van der Waals surface area contributed by atoms with E-state index in [1.54, 1.807) is 12.4 Å². The topological polar surface area (TPSA) is 49.3 Å². The first-order valence-electron chi connectivity index (χ1n) is 9.18. The molecule has 2 aliphatic rings. The van der Waals surface area contributed by atoms with E-state index in [1.807, 2.05) is 35.2 Å². The first-order valence-corrected chi connectivity index (χ1v) is 9.56. The van der Waals surface area contributed by atoms with Crippen molar-refractivity contribution in [2.45, 2.75) is 32.2 Å². The van der Waals surface area contributed by atoms with Crippen molar-refractivity contribution in [1.29, 1.82) is 0 Å². The van der Waals surface area contributed by atoms with Crippen LogP contribution in [0.25, 0.3) is 0 Å². The van der Waals surface area contributed by atoms with Crippen LogP contribution in [-0.4, -0.2) is 40.4 Å². The van der Waals surface area contributed by atoms with Crippen molar-refractivity contribution >= 4 is 23.3 Å². The van der Waals surface area contributed by atoms with Gasteiger partial charge in [-0.05, 0) is 43.5 Å². The van der Waals surface area contributed by atoms with Gasteiger partial charge in [-0.3, -0.25) is 9.78 Å². The maximum Gasteiger partial charge on any atom is 0.222 e. The van der Waals surface area contributed by atoms with Crippen molar-refractivity contribution in [3.8, 4) is 0 Å². The van der Waals surface area contributed by atoms with Crippen LogP contribution in [0.1, 0.15) is 31.4 Å². The van der Waals surface area contributed by atoms with Crippen LogP contribution in [0.2, 0.25) is 5.02 Å². The first kappa shape index (κ1) is 17.3. The number of aromatic nitrogens is 2. The number of rotatable bonds is 3. The van der Waals surface area contributed by atoms with E-state index in [2.05, 4.69) is 14.9 Å². The highest BCUT2D eigenvalue weighted by Gasteiger charge is 2.42. The number of halogens is 1. The van der Waals surface area contributed by atoms with Gasteiger partial charge in [0.2, 0.25) is 5.91 Å². The third kappa shape index (κ3) is 3.54. The number of likely N-dealkylation sites (tertiary alicyclic amines) is 1. The van der Waals surface area contributed by atoms with Crippen molar-refractivity contribution in [1.82, 2.24) is 14.9 Å². The normalized spacial score (nSPS) is 23.5.